The summed E-state index contributed by atoms with van der Waals surface area (Å²) < 4.78 is 15.8. The highest BCUT2D eigenvalue weighted by molar-refractivity contribution is 14.1. The number of ether oxygens (including phenoxy) is 2. The monoisotopic (exact) mass is 919 g/mol. The lowest BCUT2D eigenvalue weighted by atomic mass is 10.1. The first kappa shape index (κ1) is 30.1. The van der Waals surface area contributed by atoms with E-state index in [0.29, 0.717) is 24.7 Å². The molecule has 0 atom stereocenters. The lowest BCUT2D eigenvalue weighted by molar-refractivity contribution is -0.136. The van der Waals surface area contributed by atoms with Crippen LogP contribution in [0.15, 0.2) is 24.3 Å². The molecule has 0 aliphatic heterocycles. The van der Waals surface area contributed by atoms with Crippen molar-refractivity contribution in [3.63, 3.8) is 0 Å². The van der Waals surface area contributed by atoms with Gasteiger partial charge in [0.15, 0.2) is 5.75 Å². The van der Waals surface area contributed by atoms with Gasteiger partial charge in [-0.3, -0.25) is 9.59 Å². The lowest BCUT2D eigenvalue weighted by Gasteiger charge is -2.15. The fourth-order valence-electron chi connectivity index (χ4n) is 3.05. The summed E-state index contributed by atoms with van der Waals surface area (Å²) in [6, 6.07) is 7.56. The van der Waals surface area contributed by atoms with Gasteiger partial charge in [0, 0.05) is 6.54 Å². The summed E-state index contributed by atoms with van der Waals surface area (Å²) >= 11 is 8.84. The molecule has 2 aromatic carbocycles. The van der Waals surface area contributed by atoms with Gasteiger partial charge < -0.3 is 25.0 Å². The zero-order valence-corrected chi connectivity index (χ0v) is 26.8. The SMILES string of the molecule is O=C(O)Cc1cc(I)c(Oc2cc(I)c(OCCCCCCCNC(=O)CO)c(I)c2)c(I)c1. The number of halogens is 4. The molecule has 2 aromatic rings. The van der Waals surface area contributed by atoms with E-state index in [0.717, 1.165) is 57.7 Å². The van der Waals surface area contributed by atoms with Crippen LogP contribution in [0.25, 0.3) is 0 Å². The van der Waals surface area contributed by atoms with E-state index in [1.54, 1.807) is 0 Å². The number of carbonyl (C=O) groups is 2. The Morgan fingerprint density at radius 1 is 0.824 bits per heavy atom. The Labute approximate surface area is 253 Å². The standard InChI is InChI=1S/C23H25I4NO6/c24-16-8-14(10-21(31)32)9-17(25)23(16)34-15-11-18(26)22(19(27)12-15)33-7-5-3-1-2-4-6-28-20(30)13-29/h8-9,11-12,29H,1-7,10,13H2,(H,28,30)(H,31,32). The van der Waals surface area contributed by atoms with E-state index >= 15 is 0 Å². The molecule has 0 saturated heterocycles. The molecule has 34 heavy (non-hydrogen) atoms. The Balaban J connectivity index is 1.85. The van der Waals surface area contributed by atoms with Crippen LogP contribution < -0.4 is 14.8 Å². The van der Waals surface area contributed by atoms with E-state index in [9.17, 15) is 9.59 Å². The molecule has 0 saturated carbocycles. The number of aliphatic hydroxyl groups excluding tert-OH is 1. The maximum atomic E-state index is 11.0. The Morgan fingerprint density at radius 2 is 1.38 bits per heavy atom. The van der Waals surface area contributed by atoms with Gasteiger partial charge in [0.1, 0.15) is 18.1 Å². The first-order valence-corrected chi connectivity index (χ1v) is 14.9. The second-order valence-electron chi connectivity index (χ2n) is 7.40. The topological polar surface area (TPSA) is 105 Å². The van der Waals surface area contributed by atoms with Gasteiger partial charge in [0.2, 0.25) is 5.91 Å². The molecule has 0 spiro atoms. The minimum Gasteiger partial charge on any atom is -0.491 e. The molecule has 0 bridgehead atoms. The van der Waals surface area contributed by atoms with Crippen molar-refractivity contribution >= 4 is 102 Å². The molecule has 0 unspecified atom stereocenters. The van der Waals surface area contributed by atoms with E-state index in [-0.39, 0.29) is 12.3 Å². The van der Waals surface area contributed by atoms with Gasteiger partial charge in [0.25, 0.3) is 0 Å². The minimum atomic E-state index is -0.857. The molecule has 2 rings (SSSR count). The predicted molar refractivity (Wildman–Crippen MR) is 164 cm³/mol. The van der Waals surface area contributed by atoms with Crippen LogP contribution in [-0.4, -0.2) is 41.8 Å². The first-order valence-electron chi connectivity index (χ1n) is 10.6. The largest absolute Gasteiger partial charge is 0.491 e. The number of hydrogen-bond donors (Lipinski definition) is 3. The third-order valence-corrected chi connectivity index (χ3v) is 7.84. The average Bonchev–Trinajstić information content (AvgIpc) is 2.76. The number of rotatable bonds is 14. The van der Waals surface area contributed by atoms with Crippen LogP contribution in [0.5, 0.6) is 17.2 Å². The summed E-state index contributed by atoms with van der Waals surface area (Å²) in [5.41, 5.74) is 0.745. The van der Waals surface area contributed by atoms with Gasteiger partial charge in [0.05, 0.1) is 27.3 Å². The fraction of sp³-hybridized carbons (Fsp3) is 0.391. The molecule has 0 fully saturated rings. The Hall–Kier alpha value is -0.140. The third-order valence-electron chi connectivity index (χ3n) is 4.64. The summed E-state index contributed by atoms with van der Waals surface area (Å²) in [7, 11) is 0. The molecule has 0 radical (unpaired) electrons. The van der Waals surface area contributed by atoms with E-state index in [1.807, 2.05) is 24.3 Å². The third kappa shape index (κ3) is 10.5. The predicted octanol–water partition coefficient (Wildman–Crippen LogP) is 5.96. The number of unbranched alkanes of at least 4 members (excludes halogenated alkanes) is 4. The van der Waals surface area contributed by atoms with Crippen molar-refractivity contribution in [2.45, 2.75) is 38.5 Å². The molecule has 0 heterocycles. The van der Waals surface area contributed by atoms with E-state index < -0.39 is 12.6 Å². The van der Waals surface area contributed by atoms with E-state index in [4.69, 9.17) is 19.7 Å². The first-order chi connectivity index (χ1) is 16.2. The highest BCUT2D eigenvalue weighted by Gasteiger charge is 2.15. The Bertz CT molecular complexity index is 955. The summed E-state index contributed by atoms with van der Waals surface area (Å²) in [5, 5.41) is 20.3. The van der Waals surface area contributed by atoms with Gasteiger partial charge in [-0.1, -0.05) is 19.3 Å². The second kappa shape index (κ2) is 15.9. The molecule has 186 valence electrons. The smallest absolute Gasteiger partial charge is 0.307 e. The maximum absolute atomic E-state index is 11.0. The van der Waals surface area contributed by atoms with E-state index in [2.05, 4.69) is 95.7 Å². The summed E-state index contributed by atoms with van der Waals surface area (Å²) in [6.45, 7) is 0.780. The van der Waals surface area contributed by atoms with Crippen molar-refractivity contribution in [2.24, 2.45) is 0 Å². The molecule has 11 heteroatoms. The number of hydrogen-bond acceptors (Lipinski definition) is 5. The second-order valence-corrected chi connectivity index (χ2v) is 12.1. The number of carbonyl (C=O) groups excluding carboxylic acids is 1. The fourth-order valence-corrected chi connectivity index (χ4v) is 7.19. The van der Waals surface area contributed by atoms with Gasteiger partial charge in [-0.15, -0.1) is 0 Å². The van der Waals surface area contributed by atoms with E-state index in [1.165, 1.54) is 0 Å². The molecule has 3 N–H and O–H groups in total. The van der Waals surface area contributed by atoms with Crippen LogP contribution in [0.2, 0.25) is 0 Å². The van der Waals surface area contributed by atoms with Crippen LogP contribution in [-0.2, 0) is 16.0 Å². The van der Waals surface area contributed by atoms with Crippen LogP contribution in [0, 0.1) is 14.3 Å². The molecule has 0 aliphatic carbocycles. The Morgan fingerprint density at radius 3 is 1.97 bits per heavy atom. The Kier molecular flexibility index (Phi) is 14.0. The summed E-state index contributed by atoms with van der Waals surface area (Å²) in [6.07, 6.45) is 4.99. The molecular weight excluding hydrogens is 894 g/mol. The van der Waals surface area contributed by atoms with Crippen molar-refractivity contribution in [3.8, 4) is 17.2 Å². The molecule has 0 aromatic heterocycles. The van der Waals surface area contributed by atoms with Crippen molar-refractivity contribution < 1.29 is 29.3 Å². The number of aliphatic carboxylic acids is 1. The number of aliphatic hydroxyl groups is 1. The van der Waals surface area contributed by atoms with Crippen LogP contribution in [0.1, 0.15) is 37.7 Å². The molecular formula is C23H25I4NO6. The minimum absolute atomic E-state index is 0.0169. The number of carboxylic acids is 1. The number of nitrogens with one attached hydrogen (secondary N) is 1. The highest BCUT2D eigenvalue weighted by Crippen LogP contribution is 2.37. The van der Waals surface area contributed by atoms with Crippen LogP contribution >= 0.6 is 90.4 Å². The summed E-state index contributed by atoms with van der Waals surface area (Å²) in [5.74, 6) is 1.08. The quantitative estimate of drug-likeness (QED) is 0.160. The molecule has 7 nitrogen and oxygen atoms in total. The zero-order valence-electron chi connectivity index (χ0n) is 18.2. The summed E-state index contributed by atoms with van der Waals surface area (Å²) in [4.78, 5) is 22.0. The lowest BCUT2D eigenvalue weighted by Crippen LogP contribution is -2.26. The van der Waals surface area contributed by atoms with Crippen LogP contribution in [0.3, 0.4) is 0 Å². The van der Waals surface area contributed by atoms with Crippen molar-refractivity contribution in [3.05, 3.63) is 44.1 Å². The molecule has 1 amide bonds. The normalized spacial score (nSPS) is 10.7. The maximum Gasteiger partial charge on any atom is 0.307 e. The van der Waals surface area contributed by atoms with Crippen molar-refractivity contribution in [2.75, 3.05) is 19.8 Å². The van der Waals surface area contributed by atoms with Crippen molar-refractivity contribution in [1.82, 2.24) is 5.32 Å². The number of amides is 1. The van der Waals surface area contributed by atoms with Gasteiger partial charge >= 0.3 is 5.97 Å². The zero-order chi connectivity index (χ0) is 25.1. The number of carboxylic acid groups (broad SMARTS) is 1. The van der Waals surface area contributed by atoms with Crippen molar-refractivity contribution in [1.29, 1.82) is 0 Å². The average molecular weight is 919 g/mol. The molecule has 0 aliphatic rings. The van der Waals surface area contributed by atoms with Gasteiger partial charge in [-0.2, -0.15) is 0 Å². The van der Waals surface area contributed by atoms with Gasteiger partial charge in [-0.05, 0) is 133 Å². The number of benzene rings is 2. The van der Waals surface area contributed by atoms with Crippen LogP contribution in [0.4, 0.5) is 0 Å². The van der Waals surface area contributed by atoms with Gasteiger partial charge in [-0.25, -0.2) is 0 Å². The highest BCUT2D eigenvalue weighted by atomic mass is 127.